The van der Waals surface area contributed by atoms with Crippen LogP contribution in [0.5, 0.6) is 0 Å². The maximum atomic E-state index is 16.2. The summed E-state index contributed by atoms with van der Waals surface area (Å²) < 4.78 is 60.1. The van der Waals surface area contributed by atoms with Gasteiger partial charge in [0.05, 0.1) is 64.7 Å². The number of amides is 4. The minimum absolute atomic E-state index is 0.0692. The second-order valence-corrected chi connectivity index (χ2v) is 20.9. The lowest BCUT2D eigenvalue weighted by Crippen LogP contribution is -2.62. The molecule has 0 saturated carbocycles. The summed E-state index contributed by atoms with van der Waals surface area (Å²) in [6.07, 6.45) is 1.88. The molecule has 17 nitrogen and oxygen atoms in total. The van der Waals surface area contributed by atoms with Gasteiger partial charge in [-0.05, 0) is 73.4 Å². The fourth-order valence-electron chi connectivity index (χ4n) is 9.52. The van der Waals surface area contributed by atoms with Crippen molar-refractivity contribution in [2.75, 3.05) is 65.3 Å². The number of alkyl carbamates (subject to hydrolysis) is 2. The van der Waals surface area contributed by atoms with E-state index in [1.54, 1.807) is 48.7 Å². The summed E-state index contributed by atoms with van der Waals surface area (Å²) in [5.74, 6) is 4.60. The van der Waals surface area contributed by atoms with E-state index in [0.717, 1.165) is 56.9 Å². The maximum absolute atomic E-state index is 16.2. The molecule has 0 spiro atoms. The molecule has 7 rings (SSSR count). The van der Waals surface area contributed by atoms with Gasteiger partial charge >= 0.3 is 12.2 Å². The van der Waals surface area contributed by atoms with Crippen molar-refractivity contribution in [1.29, 1.82) is 0 Å². The maximum Gasteiger partial charge on any atom is 0.407 e. The number of halogens is 4. The number of pyridine rings is 2. The zero-order chi connectivity index (χ0) is 54.0. The van der Waals surface area contributed by atoms with Gasteiger partial charge in [0.15, 0.2) is 0 Å². The number of benzene rings is 2. The number of aliphatic hydroxyl groups is 1. The van der Waals surface area contributed by atoms with Crippen LogP contribution in [0.4, 0.5) is 28.6 Å². The van der Waals surface area contributed by atoms with Crippen LogP contribution in [0.2, 0.25) is 5.02 Å². The summed E-state index contributed by atoms with van der Waals surface area (Å²) >= 11 is 6.72. The van der Waals surface area contributed by atoms with Gasteiger partial charge in [-0.2, -0.15) is 0 Å². The average molecular weight is 1060 g/mol. The first-order valence-corrected chi connectivity index (χ1v) is 25.1. The molecular weight excluding hydrogens is 995 g/mol. The summed E-state index contributed by atoms with van der Waals surface area (Å²) in [6.45, 7) is 5.92. The molecule has 4 aromatic rings. The highest BCUT2D eigenvalue weighted by atomic mass is 35.5. The number of ether oxygens (including phenoxy) is 3. The molecule has 3 aliphatic rings. The summed E-state index contributed by atoms with van der Waals surface area (Å²) in [4.78, 5) is 67.3. The smallest absolute Gasteiger partial charge is 0.407 e. The van der Waals surface area contributed by atoms with Gasteiger partial charge < -0.3 is 40.2 Å². The van der Waals surface area contributed by atoms with Crippen molar-refractivity contribution >= 4 is 41.4 Å². The zero-order valence-corrected chi connectivity index (χ0v) is 43.6. The Balaban J connectivity index is 1.14. The number of hydrazine groups is 1. The summed E-state index contributed by atoms with van der Waals surface area (Å²) in [6, 6.07) is 15.9. The zero-order valence-electron chi connectivity index (χ0n) is 42.9. The van der Waals surface area contributed by atoms with Gasteiger partial charge in [-0.25, -0.2) is 24.0 Å². The number of hydrogen-bond acceptors (Lipinski definition) is 13. The van der Waals surface area contributed by atoms with Gasteiger partial charge in [0.2, 0.25) is 5.91 Å². The standard InChI is InChI=1S/C54H65ClF3N9O8/c1-53(2,31-56)47(62-51(71)73-5)49(69)61-44(21-34-13-10-33(11-14-34)12-15-35-16-19-46(60-24-35)65-25-37-17-18-38(26-65)67(37)39-29-75-30-39)45(68)28-66(64-50(70)48(54(3,4)32-57)63-52(72)74-6)27-40-41(55)22-36(23-42(40)58)43-9-7-8-20-59-43/h7-11,13-14,16,19-20,22-24,37-39,44-45,47-48,68H,17-18,21,25-32H2,1-6H3,(H,61,69)(H,62,71)(H,63,72)(H,64,70)/t37?,38?,44-,45-,47?,48+/m0/s1. The summed E-state index contributed by atoms with van der Waals surface area (Å²) in [5.41, 5.74) is 2.25. The van der Waals surface area contributed by atoms with E-state index < -0.39 is 91.3 Å². The topological polar surface area (TPSA) is 200 Å². The highest BCUT2D eigenvalue weighted by Gasteiger charge is 2.46. The number of fused-ring (bicyclic) bond motifs is 2. The summed E-state index contributed by atoms with van der Waals surface area (Å²) in [5, 5.41) is 20.8. The molecule has 2 bridgehead atoms. The van der Waals surface area contributed by atoms with Gasteiger partial charge in [0.25, 0.3) is 5.91 Å². The number of carbonyl (C=O) groups excluding carboxylic acids is 4. The molecule has 0 radical (unpaired) electrons. The number of anilines is 1. The molecular formula is C54H65ClF3N9O8. The number of rotatable bonds is 20. The molecule has 3 unspecified atom stereocenters. The highest BCUT2D eigenvalue weighted by Crippen LogP contribution is 2.36. The first kappa shape index (κ1) is 56.2. The number of nitrogens with zero attached hydrogens (tertiary/aromatic N) is 5. The van der Waals surface area contributed by atoms with E-state index in [-0.39, 0.29) is 17.0 Å². The van der Waals surface area contributed by atoms with Crippen LogP contribution < -0.4 is 26.3 Å². The van der Waals surface area contributed by atoms with Crippen LogP contribution in [-0.4, -0.2) is 152 Å². The third kappa shape index (κ3) is 14.1. The number of hydrogen-bond donors (Lipinski definition) is 5. The summed E-state index contributed by atoms with van der Waals surface area (Å²) in [7, 11) is 2.15. The van der Waals surface area contributed by atoms with Gasteiger partial charge in [0.1, 0.15) is 23.7 Å². The Bertz CT molecular complexity index is 2660. The van der Waals surface area contributed by atoms with Crippen LogP contribution in [0.15, 0.2) is 79.1 Å². The molecule has 0 aliphatic carbocycles. The van der Waals surface area contributed by atoms with Crippen LogP contribution in [-0.2, 0) is 36.8 Å². The molecule has 2 aromatic carbocycles. The predicted molar refractivity (Wildman–Crippen MR) is 275 cm³/mol. The van der Waals surface area contributed by atoms with Crippen LogP contribution in [0.1, 0.15) is 62.8 Å². The lowest BCUT2D eigenvalue weighted by atomic mass is 9.84. The minimum atomic E-state index is -1.64. The molecule has 4 amide bonds. The van der Waals surface area contributed by atoms with Crippen LogP contribution in [0.3, 0.4) is 0 Å². The van der Waals surface area contributed by atoms with Crippen molar-refractivity contribution in [2.45, 2.75) is 95.9 Å². The van der Waals surface area contributed by atoms with E-state index in [0.29, 0.717) is 40.5 Å². The van der Waals surface area contributed by atoms with Gasteiger partial charge in [0, 0.05) is 88.8 Å². The molecule has 5 heterocycles. The second kappa shape index (κ2) is 24.9. The molecule has 6 atom stereocenters. The van der Waals surface area contributed by atoms with Crippen LogP contribution in [0, 0.1) is 28.5 Å². The lowest BCUT2D eigenvalue weighted by Gasteiger charge is -2.47. The molecule has 5 N–H and O–H groups in total. The number of aliphatic hydroxyl groups excluding tert-OH is 1. The van der Waals surface area contributed by atoms with Crippen LogP contribution >= 0.6 is 11.6 Å². The molecule has 75 heavy (non-hydrogen) atoms. The number of aromatic nitrogens is 2. The molecule has 3 aliphatic heterocycles. The first-order valence-electron chi connectivity index (χ1n) is 24.7. The van der Waals surface area contributed by atoms with E-state index >= 15 is 4.39 Å². The Morgan fingerprint density at radius 3 is 1.99 bits per heavy atom. The Morgan fingerprint density at radius 1 is 0.840 bits per heavy atom. The van der Waals surface area contributed by atoms with Crippen LogP contribution in [0.25, 0.3) is 11.3 Å². The minimum Gasteiger partial charge on any atom is -0.453 e. The molecule has 3 fully saturated rings. The van der Waals surface area contributed by atoms with E-state index in [9.17, 15) is 33.1 Å². The lowest BCUT2D eigenvalue weighted by molar-refractivity contribution is -0.133. The highest BCUT2D eigenvalue weighted by molar-refractivity contribution is 6.31. The Morgan fingerprint density at radius 2 is 1.45 bits per heavy atom. The SMILES string of the molecule is COC(=O)NC(C(=O)N[C@@H](Cc1ccc(C#Cc2ccc(N3CC4CCC(C3)N4C3COC3)nc2)cc1)[C@@H](O)CN(Cc1c(F)cc(-c2ccccn2)cc1Cl)NC(=O)[C@@H](NC(=O)OC)C(C)(C)CF)C(C)(C)CF. The predicted octanol–water partition coefficient (Wildman–Crippen LogP) is 5.75. The Labute approximate surface area is 440 Å². The van der Waals surface area contributed by atoms with E-state index in [2.05, 4.69) is 48.0 Å². The van der Waals surface area contributed by atoms with E-state index in [1.165, 1.54) is 58.9 Å². The van der Waals surface area contributed by atoms with Gasteiger partial charge in [-0.1, -0.05) is 69.3 Å². The molecule has 3 saturated heterocycles. The van der Waals surface area contributed by atoms with Crippen molar-refractivity contribution in [1.82, 2.24) is 41.3 Å². The number of nitrogens with one attached hydrogen (secondary N) is 4. The molecule has 21 heteroatoms. The first-order chi connectivity index (χ1) is 35.8. The van der Waals surface area contributed by atoms with E-state index in [1.807, 2.05) is 12.1 Å². The normalized spacial score (nSPS) is 18.4. The fourth-order valence-corrected chi connectivity index (χ4v) is 9.79. The van der Waals surface area contributed by atoms with Gasteiger partial charge in [-0.15, -0.1) is 0 Å². The monoisotopic (exact) mass is 1060 g/mol. The average Bonchev–Trinajstić information content (AvgIpc) is 3.62. The molecule has 402 valence electrons. The number of alkyl halides is 2. The van der Waals surface area contributed by atoms with Crippen molar-refractivity contribution < 1.29 is 51.7 Å². The second-order valence-electron chi connectivity index (χ2n) is 20.5. The quantitative estimate of drug-likeness (QED) is 0.0530. The van der Waals surface area contributed by atoms with Crippen molar-refractivity contribution in [3.05, 3.63) is 112 Å². The molecule has 2 aromatic heterocycles. The third-order valence-electron chi connectivity index (χ3n) is 14.0. The number of carbonyl (C=O) groups is 4. The Hall–Kier alpha value is -6.50. The fraction of sp³-hybridized carbons (Fsp3) is 0.481. The largest absolute Gasteiger partial charge is 0.453 e. The van der Waals surface area contributed by atoms with Gasteiger partial charge in [-0.3, -0.25) is 33.7 Å². The number of methoxy groups -OCH3 is 2. The number of piperazine rings is 1. The Kier molecular flexibility index (Phi) is 18.7. The van der Waals surface area contributed by atoms with Crippen molar-refractivity contribution in [2.24, 2.45) is 10.8 Å². The third-order valence-corrected chi connectivity index (χ3v) is 14.3. The van der Waals surface area contributed by atoms with Crippen molar-refractivity contribution in [3.63, 3.8) is 0 Å². The van der Waals surface area contributed by atoms with Crippen molar-refractivity contribution in [3.8, 4) is 23.1 Å². The van der Waals surface area contributed by atoms with E-state index in [4.69, 9.17) is 30.8 Å².